The van der Waals surface area contributed by atoms with Crippen molar-refractivity contribution in [1.29, 1.82) is 0 Å². The molecule has 2 N–H and O–H groups in total. The number of hydrogen-bond donors (Lipinski definition) is 1. The SMILES string of the molecule is Cc1cc(N2CC(CCN)C2)ccn1. The lowest BCUT2D eigenvalue weighted by Crippen LogP contribution is -2.47. The number of aromatic nitrogens is 1. The molecule has 0 atom stereocenters. The molecule has 1 aliphatic rings. The molecule has 3 heteroatoms. The van der Waals surface area contributed by atoms with Crippen LogP contribution in [-0.2, 0) is 0 Å². The average molecular weight is 191 g/mol. The maximum absolute atomic E-state index is 5.52. The Morgan fingerprint density at radius 2 is 2.36 bits per heavy atom. The Hall–Kier alpha value is -1.09. The Morgan fingerprint density at radius 3 is 3.00 bits per heavy atom. The van der Waals surface area contributed by atoms with Crippen LogP contribution in [0.3, 0.4) is 0 Å². The van der Waals surface area contributed by atoms with Gasteiger partial charge in [-0.15, -0.1) is 0 Å². The molecule has 14 heavy (non-hydrogen) atoms. The minimum atomic E-state index is 0.800. The smallest absolute Gasteiger partial charge is 0.0400 e. The highest BCUT2D eigenvalue weighted by atomic mass is 15.2. The molecule has 1 aromatic heterocycles. The first kappa shape index (κ1) is 9.46. The van der Waals surface area contributed by atoms with E-state index in [4.69, 9.17) is 5.73 Å². The van der Waals surface area contributed by atoms with E-state index in [0.717, 1.165) is 37.7 Å². The molecule has 1 aromatic rings. The fourth-order valence-corrected chi connectivity index (χ4v) is 1.93. The van der Waals surface area contributed by atoms with Gasteiger partial charge in [-0.2, -0.15) is 0 Å². The third kappa shape index (κ3) is 1.87. The number of rotatable bonds is 3. The van der Waals surface area contributed by atoms with Crippen molar-refractivity contribution in [2.24, 2.45) is 11.7 Å². The monoisotopic (exact) mass is 191 g/mol. The Kier molecular flexibility index (Phi) is 2.68. The van der Waals surface area contributed by atoms with Gasteiger partial charge in [-0.1, -0.05) is 0 Å². The van der Waals surface area contributed by atoms with E-state index < -0.39 is 0 Å². The highest BCUT2D eigenvalue weighted by molar-refractivity contribution is 5.48. The van der Waals surface area contributed by atoms with Gasteiger partial charge in [-0.3, -0.25) is 4.98 Å². The lowest BCUT2D eigenvalue weighted by molar-refractivity contribution is 0.389. The summed E-state index contributed by atoms with van der Waals surface area (Å²) in [5.41, 5.74) is 7.90. The second-order valence-corrected chi connectivity index (χ2v) is 4.00. The molecule has 1 fully saturated rings. The normalized spacial score (nSPS) is 16.9. The predicted octanol–water partition coefficient (Wildman–Crippen LogP) is 1.18. The molecule has 76 valence electrons. The van der Waals surface area contributed by atoms with Crippen LogP contribution in [0, 0.1) is 12.8 Å². The highest BCUT2D eigenvalue weighted by Crippen LogP contribution is 2.25. The molecule has 0 amide bonds. The first-order valence-corrected chi connectivity index (χ1v) is 5.17. The molecule has 0 spiro atoms. The number of pyridine rings is 1. The molecule has 0 aliphatic carbocycles. The number of aryl methyl sites for hydroxylation is 1. The van der Waals surface area contributed by atoms with E-state index in [2.05, 4.69) is 22.0 Å². The Labute approximate surface area is 84.9 Å². The van der Waals surface area contributed by atoms with Gasteiger partial charge in [0.1, 0.15) is 0 Å². The van der Waals surface area contributed by atoms with Gasteiger partial charge in [-0.25, -0.2) is 0 Å². The summed E-state index contributed by atoms with van der Waals surface area (Å²) in [6, 6.07) is 4.21. The van der Waals surface area contributed by atoms with Crippen molar-refractivity contribution < 1.29 is 0 Å². The van der Waals surface area contributed by atoms with Crippen LogP contribution >= 0.6 is 0 Å². The van der Waals surface area contributed by atoms with Gasteiger partial charge in [-0.05, 0) is 37.9 Å². The summed E-state index contributed by atoms with van der Waals surface area (Å²) in [5.74, 6) is 0.800. The van der Waals surface area contributed by atoms with Crippen LogP contribution in [0.2, 0.25) is 0 Å². The third-order valence-electron chi connectivity index (χ3n) is 2.78. The van der Waals surface area contributed by atoms with Crippen molar-refractivity contribution in [3.05, 3.63) is 24.0 Å². The number of nitrogens with two attached hydrogens (primary N) is 1. The van der Waals surface area contributed by atoms with Gasteiger partial charge in [0.25, 0.3) is 0 Å². The van der Waals surface area contributed by atoms with Crippen LogP contribution in [0.4, 0.5) is 5.69 Å². The second-order valence-electron chi connectivity index (χ2n) is 4.00. The molecule has 0 aromatic carbocycles. The van der Waals surface area contributed by atoms with Crippen molar-refractivity contribution in [2.45, 2.75) is 13.3 Å². The molecule has 2 heterocycles. The molecule has 0 radical (unpaired) electrons. The maximum atomic E-state index is 5.52. The van der Waals surface area contributed by atoms with Crippen LogP contribution in [0.1, 0.15) is 12.1 Å². The fraction of sp³-hybridized carbons (Fsp3) is 0.545. The second kappa shape index (κ2) is 3.96. The van der Waals surface area contributed by atoms with E-state index in [1.54, 1.807) is 0 Å². The minimum absolute atomic E-state index is 0.800. The van der Waals surface area contributed by atoms with Crippen LogP contribution in [-0.4, -0.2) is 24.6 Å². The zero-order valence-electron chi connectivity index (χ0n) is 8.61. The standard InChI is InChI=1S/C11H17N3/c1-9-6-11(3-5-13-9)14-7-10(8-14)2-4-12/h3,5-6,10H,2,4,7-8,12H2,1H3. The Balaban J connectivity index is 1.93. The molecule has 1 aliphatic heterocycles. The summed E-state index contributed by atoms with van der Waals surface area (Å²) in [4.78, 5) is 6.57. The van der Waals surface area contributed by atoms with E-state index in [9.17, 15) is 0 Å². The van der Waals surface area contributed by atoms with Gasteiger partial charge in [0.15, 0.2) is 0 Å². The van der Waals surface area contributed by atoms with Gasteiger partial charge in [0.2, 0.25) is 0 Å². The first-order valence-electron chi connectivity index (χ1n) is 5.17. The largest absolute Gasteiger partial charge is 0.371 e. The minimum Gasteiger partial charge on any atom is -0.371 e. The lowest BCUT2D eigenvalue weighted by Gasteiger charge is -2.41. The molecule has 0 unspecified atom stereocenters. The van der Waals surface area contributed by atoms with E-state index in [-0.39, 0.29) is 0 Å². The third-order valence-corrected chi connectivity index (χ3v) is 2.78. The van der Waals surface area contributed by atoms with E-state index in [1.165, 1.54) is 5.69 Å². The zero-order valence-corrected chi connectivity index (χ0v) is 8.61. The molecular formula is C11H17N3. The number of nitrogens with zero attached hydrogens (tertiary/aromatic N) is 2. The molecule has 1 saturated heterocycles. The highest BCUT2D eigenvalue weighted by Gasteiger charge is 2.25. The molecule has 0 bridgehead atoms. The van der Waals surface area contributed by atoms with E-state index >= 15 is 0 Å². The van der Waals surface area contributed by atoms with Crippen molar-refractivity contribution in [3.63, 3.8) is 0 Å². The maximum Gasteiger partial charge on any atom is 0.0400 e. The molecular weight excluding hydrogens is 174 g/mol. The van der Waals surface area contributed by atoms with Crippen LogP contribution < -0.4 is 10.6 Å². The topological polar surface area (TPSA) is 42.1 Å². The number of anilines is 1. The van der Waals surface area contributed by atoms with Crippen molar-refractivity contribution in [1.82, 2.24) is 4.98 Å². The van der Waals surface area contributed by atoms with Crippen LogP contribution in [0.25, 0.3) is 0 Å². The van der Waals surface area contributed by atoms with Gasteiger partial charge >= 0.3 is 0 Å². The van der Waals surface area contributed by atoms with Crippen LogP contribution in [0.5, 0.6) is 0 Å². The molecule has 3 nitrogen and oxygen atoms in total. The number of hydrogen-bond acceptors (Lipinski definition) is 3. The molecule has 0 saturated carbocycles. The van der Waals surface area contributed by atoms with Gasteiger partial charge in [0.05, 0.1) is 0 Å². The van der Waals surface area contributed by atoms with Gasteiger partial charge < -0.3 is 10.6 Å². The summed E-state index contributed by atoms with van der Waals surface area (Å²) in [6.45, 7) is 5.15. The van der Waals surface area contributed by atoms with Crippen molar-refractivity contribution in [3.8, 4) is 0 Å². The predicted molar refractivity (Wildman–Crippen MR) is 58.3 cm³/mol. The summed E-state index contributed by atoms with van der Waals surface area (Å²) in [6.07, 6.45) is 3.03. The zero-order chi connectivity index (χ0) is 9.97. The fourth-order valence-electron chi connectivity index (χ4n) is 1.93. The van der Waals surface area contributed by atoms with Gasteiger partial charge in [0, 0.05) is 30.7 Å². The Morgan fingerprint density at radius 1 is 1.57 bits per heavy atom. The van der Waals surface area contributed by atoms with E-state index in [1.807, 2.05) is 13.1 Å². The summed E-state index contributed by atoms with van der Waals surface area (Å²) >= 11 is 0. The van der Waals surface area contributed by atoms with Crippen molar-refractivity contribution in [2.75, 3.05) is 24.5 Å². The first-order chi connectivity index (χ1) is 6.79. The van der Waals surface area contributed by atoms with Crippen LogP contribution in [0.15, 0.2) is 18.3 Å². The Bertz CT molecular complexity index is 305. The molecule has 2 rings (SSSR count). The lowest BCUT2D eigenvalue weighted by atomic mass is 9.96. The summed E-state index contributed by atoms with van der Waals surface area (Å²) in [7, 11) is 0. The van der Waals surface area contributed by atoms with E-state index in [0.29, 0.717) is 0 Å². The quantitative estimate of drug-likeness (QED) is 0.780. The average Bonchev–Trinajstić information content (AvgIpc) is 2.10. The summed E-state index contributed by atoms with van der Waals surface area (Å²) in [5, 5.41) is 0. The summed E-state index contributed by atoms with van der Waals surface area (Å²) < 4.78 is 0. The van der Waals surface area contributed by atoms with Crippen molar-refractivity contribution >= 4 is 5.69 Å².